The van der Waals surface area contributed by atoms with Crippen molar-refractivity contribution < 1.29 is 0 Å². The van der Waals surface area contributed by atoms with Gasteiger partial charge in [0.1, 0.15) is 0 Å². The molecule has 0 bridgehead atoms. The van der Waals surface area contributed by atoms with Crippen molar-refractivity contribution >= 4 is 73.8 Å². The van der Waals surface area contributed by atoms with Gasteiger partial charge in [-0.15, -0.1) is 0 Å². The second-order valence-electron chi connectivity index (χ2n) is 16.1. The van der Waals surface area contributed by atoms with Gasteiger partial charge in [0.15, 0.2) is 0 Å². The molecule has 0 saturated carbocycles. The quantitative estimate of drug-likeness (QED) is 0.126. The fraction of sp³-hybridized carbons (Fsp3) is 0.156. The molecule has 4 aliphatic rings. The SMILES string of the molecule is CC(C)(C)c1cc2c3c(c1)-c1ccccc1B1c4ccccc4-c4ccc5c(c4N13)B2c1cc2c(ccc3ccccc32)cc1C5(C)C. The molecule has 3 heteroatoms. The summed E-state index contributed by atoms with van der Waals surface area (Å²) in [6.07, 6.45) is 0. The molecule has 7 aromatic carbocycles. The van der Waals surface area contributed by atoms with Crippen molar-refractivity contribution in [2.45, 2.75) is 45.4 Å². The Morgan fingerprint density at radius 3 is 1.98 bits per heavy atom. The van der Waals surface area contributed by atoms with E-state index < -0.39 is 0 Å². The lowest BCUT2D eigenvalue weighted by Gasteiger charge is -2.52. The van der Waals surface area contributed by atoms with Crippen LogP contribution in [0, 0.1) is 0 Å². The molecule has 0 fully saturated rings. The third-order valence-corrected chi connectivity index (χ3v) is 12.2. The van der Waals surface area contributed by atoms with Crippen molar-refractivity contribution in [3.63, 3.8) is 0 Å². The highest BCUT2D eigenvalue weighted by Crippen LogP contribution is 2.50. The van der Waals surface area contributed by atoms with Crippen LogP contribution in [0.25, 0.3) is 43.8 Å². The smallest absolute Gasteiger partial charge is 0.329 e. The van der Waals surface area contributed by atoms with E-state index in [1.807, 2.05) is 0 Å². The number of hydrogen-bond acceptors (Lipinski definition) is 1. The summed E-state index contributed by atoms with van der Waals surface area (Å²) in [7, 11) is 0. The summed E-state index contributed by atoms with van der Waals surface area (Å²) in [6.45, 7) is 12.3. The highest BCUT2D eigenvalue weighted by Gasteiger charge is 2.53. The van der Waals surface area contributed by atoms with Crippen LogP contribution in [0.3, 0.4) is 0 Å². The van der Waals surface area contributed by atoms with E-state index in [9.17, 15) is 0 Å². The molecule has 4 heterocycles. The number of rotatable bonds is 0. The minimum atomic E-state index is -0.155. The predicted octanol–water partition coefficient (Wildman–Crippen LogP) is 7.66. The molecule has 0 amide bonds. The standard InChI is InChI=1S/C45H35B2N/c1-44(2,3)28-23-34-31-15-9-11-17-38(31)47-37-16-10-8-14-30(37)32-20-21-35-41-43(32)48(47)42(34)40(24-28)46(41)39-25-33-27(22-36(39)45(35,4)5)19-18-26-12-6-7-13-29(26)33/h6-25H,1-5H3. The first kappa shape index (κ1) is 27.0. The third-order valence-electron chi connectivity index (χ3n) is 12.2. The molecule has 0 N–H and O–H groups in total. The van der Waals surface area contributed by atoms with Crippen LogP contribution in [0.1, 0.15) is 51.3 Å². The molecule has 4 aliphatic heterocycles. The summed E-state index contributed by atoms with van der Waals surface area (Å²) in [6, 6.07) is 47.1. The minimum absolute atomic E-state index is 0.00707. The van der Waals surface area contributed by atoms with Crippen LogP contribution < -0.4 is 32.1 Å². The molecule has 226 valence electrons. The zero-order chi connectivity index (χ0) is 32.3. The summed E-state index contributed by atoms with van der Waals surface area (Å²) in [4.78, 5) is 2.77. The van der Waals surface area contributed by atoms with E-state index in [1.54, 1.807) is 0 Å². The maximum absolute atomic E-state index is 2.77. The van der Waals surface area contributed by atoms with E-state index in [2.05, 4.69) is 161 Å². The van der Waals surface area contributed by atoms with Crippen molar-refractivity contribution in [1.82, 2.24) is 0 Å². The minimum Gasteiger partial charge on any atom is -0.377 e. The first-order valence-corrected chi connectivity index (χ1v) is 17.5. The fourth-order valence-electron chi connectivity index (χ4n) is 9.96. The molecule has 48 heavy (non-hydrogen) atoms. The summed E-state index contributed by atoms with van der Waals surface area (Å²) in [5.41, 5.74) is 19.7. The Hall–Kier alpha value is -5.01. The average molecular weight is 611 g/mol. The van der Waals surface area contributed by atoms with Gasteiger partial charge >= 0.3 is 6.85 Å². The van der Waals surface area contributed by atoms with Crippen molar-refractivity contribution in [3.8, 4) is 22.3 Å². The highest BCUT2D eigenvalue weighted by atomic mass is 15.1. The molecule has 0 spiro atoms. The summed E-state index contributed by atoms with van der Waals surface area (Å²) in [5.74, 6) is 0. The number of fused-ring (bicyclic) bond motifs is 12. The molecule has 11 rings (SSSR count). The fourth-order valence-corrected chi connectivity index (χ4v) is 9.96. The van der Waals surface area contributed by atoms with Crippen molar-refractivity contribution in [1.29, 1.82) is 0 Å². The van der Waals surface area contributed by atoms with E-state index in [1.165, 1.54) is 99.2 Å². The monoisotopic (exact) mass is 611 g/mol. The van der Waals surface area contributed by atoms with Crippen LogP contribution in [0.15, 0.2) is 121 Å². The van der Waals surface area contributed by atoms with Gasteiger partial charge in [0.25, 0.3) is 0 Å². The van der Waals surface area contributed by atoms with Gasteiger partial charge in [0.05, 0.1) is 0 Å². The Labute approximate surface area is 283 Å². The van der Waals surface area contributed by atoms with Crippen LogP contribution in [-0.2, 0) is 10.8 Å². The molecule has 1 nitrogen and oxygen atoms in total. The number of anilines is 2. The molecule has 0 atom stereocenters. The maximum Gasteiger partial charge on any atom is 0.329 e. The third kappa shape index (κ3) is 3.16. The summed E-state index contributed by atoms with van der Waals surface area (Å²) in [5, 5.41) is 5.32. The van der Waals surface area contributed by atoms with Gasteiger partial charge in [-0.05, 0) is 82.7 Å². The molecule has 0 aliphatic carbocycles. The molecular formula is C45H35B2N. The van der Waals surface area contributed by atoms with E-state index in [0.29, 0.717) is 0 Å². The molecule has 0 unspecified atom stereocenters. The van der Waals surface area contributed by atoms with Gasteiger partial charge in [-0.25, -0.2) is 0 Å². The predicted molar refractivity (Wildman–Crippen MR) is 208 cm³/mol. The van der Waals surface area contributed by atoms with Crippen molar-refractivity contribution in [2.24, 2.45) is 0 Å². The zero-order valence-corrected chi connectivity index (χ0v) is 28.1. The molecule has 0 saturated heterocycles. The van der Waals surface area contributed by atoms with Crippen LogP contribution >= 0.6 is 0 Å². The second kappa shape index (κ2) is 8.71. The molecular weight excluding hydrogens is 576 g/mol. The Morgan fingerprint density at radius 2 is 1.21 bits per heavy atom. The van der Waals surface area contributed by atoms with Crippen LogP contribution in [0.5, 0.6) is 0 Å². The lowest BCUT2D eigenvalue weighted by Crippen LogP contribution is -2.70. The molecule has 7 aromatic rings. The highest BCUT2D eigenvalue weighted by molar-refractivity contribution is 7.02. The topological polar surface area (TPSA) is 3.24 Å². The normalized spacial score (nSPS) is 15.6. The first-order chi connectivity index (χ1) is 23.2. The molecule has 0 aromatic heterocycles. The van der Waals surface area contributed by atoms with Crippen LogP contribution in [0.2, 0.25) is 0 Å². The molecule has 0 radical (unpaired) electrons. The average Bonchev–Trinajstić information content (AvgIpc) is 3.10. The Morgan fingerprint density at radius 1 is 0.521 bits per heavy atom. The first-order valence-electron chi connectivity index (χ1n) is 17.5. The van der Waals surface area contributed by atoms with Gasteiger partial charge in [0, 0.05) is 27.9 Å². The number of nitrogens with zero attached hydrogens (tertiary/aromatic N) is 1. The Bertz CT molecular complexity index is 2600. The van der Waals surface area contributed by atoms with Gasteiger partial charge in [-0.2, -0.15) is 0 Å². The lowest BCUT2D eigenvalue weighted by molar-refractivity contribution is 0.591. The van der Waals surface area contributed by atoms with Crippen LogP contribution in [-0.4, -0.2) is 13.6 Å². The van der Waals surface area contributed by atoms with Gasteiger partial charge in [0.2, 0.25) is 6.71 Å². The second-order valence-corrected chi connectivity index (χ2v) is 16.1. The van der Waals surface area contributed by atoms with E-state index in [0.717, 1.165) is 0 Å². The number of hydrogen-bond donors (Lipinski definition) is 0. The maximum atomic E-state index is 2.77. The van der Waals surface area contributed by atoms with Crippen LogP contribution in [0.4, 0.5) is 11.4 Å². The number of benzene rings is 7. The summed E-state index contributed by atoms with van der Waals surface area (Å²) < 4.78 is 0. The van der Waals surface area contributed by atoms with Gasteiger partial charge < -0.3 is 4.81 Å². The van der Waals surface area contributed by atoms with Crippen molar-refractivity contribution in [3.05, 3.63) is 138 Å². The van der Waals surface area contributed by atoms with Gasteiger partial charge in [-0.3, -0.25) is 0 Å². The largest absolute Gasteiger partial charge is 0.377 e. The lowest BCUT2D eigenvalue weighted by atomic mass is 9.28. The van der Waals surface area contributed by atoms with E-state index >= 15 is 0 Å². The zero-order valence-electron chi connectivity index (χ0n) is 28.1. The van der Waals surface area contributed by atoms with E-state index in [4.69, 9.17) is 0 Å². The Balaban J connectivity index is 1.35. The van der Waals surface area contributed by atoms with E-state index in [-0.39, 0.29) is 24.4 Å². The van der Waals surface area contributed by atoms with Crippen molar-refractivity contribution in [2.75, 3.05) is 4.81 Å². The Kier molecular flexibility index (Phi) is 4.90. The van der Waals surface area contributed by atoms with Gasteiger partial charge in [-0.1, -0.05) is 155 Å². The summed E-state index contributed by atoms with van der Waals surface area (Å²) >= 11 is 0.